The number of methoxy groups -OCH3 is 2. The van der Waals surface area contributed by atoms with Gasteiger partial charge in [-0.15, -0.1) is 0 Å². The van der Waals surface area contributed by atoms with Crippen molar-refractivity contribution in [2.45, 2.75) is 63.5 Å². The third kappa shape index (κ3) is 7.53. The van der Waals surface area contributed by atoms with Gasteiger partial charge in [-0.25, -0.2) is 18.7 Å². The van der Waals surface area contributed by atoms with Gasteiger partial charge in [0.1, 0.15) is 11.4 Å². The average Bonchev–Trinajstić information content (AvgIpc) is 3.49. The van der Waals surface area contributed by atoms with Crippen molar-refractivity contribution in [3.63, 3.8) is 0 Å². The van der Waals surface area contributed by atoms with Gasteiger partial charge >= 0.3 is 0 Å². The molecule has 2 aliphatic rings. The minimum Gasteiger partial charge on any atom is -0.480 e. The molecule has 2 saturated heterocycles. The second kappa shape index (κ2) is 14.7. The number of carbonyl (C=O) groups excluding carboxylic acids is 1. The second-order valence-corrected chi connectivity index (χ2v) is 12.9. The van der Waals surface area contributed by atoms with Gasteiger partial charge in [-0.3, -0.25) is 19.7 Å². The summed E-state index contributed by atoms with van der Waals surface area (Å²) < 4.78 is 39.1. The van der Waals surface area contributed by atoms with Crippen LogP contribution in [-0.2, 0) is 17.8 Å². The molecule has 13 heteroatoms. The van der Waals surface area contributed by atoms with E-state index in [0.717, 1.165) is 25.0 Å². The van der Waals surface area contributed by atoms with E-state index >= 15 is 0 Å². The normalized spacial score (nSPS) is 17.7. The maximum absolute atomic E-state index is 14.0. The van der Waals surface area contributed by atoms with E-state index in [4.69, 9.17) is 37.7 Å². The molecule has 1 N–H and O–H groups in total. The van der Waals surface area contributed by atoms with E-state index in [2.05, 4.69) is 20.3 Å². The third-order valence-corrected chi connectivity index (χ3v) is 9.56. The van der Waals surface area contributed by atoms with Gasteiger partial charge < -0.3 is 14.8 Å². The molecule has 4 heterocycles. The maximum Gasteiger partial charge on any atom is 0.260 e. The first kappa shape index (κ1) is 34.0. The number of likely N-dealkylation sites (tertiary alicyclic amines) is 1. The number of aryl methyl sites for hydroxylation is 1. The lowest BCUT2D eigenvalue weighted by Crippen LogP contribution is -2.42. The second-order valence-electron chi connectivity index (χ2n) is 12.1. The van der Waals surface area contributed by atoms with Crippen LogP contribution in [-0.4, -0.2) is 70.0 Å². The highest BCUT2D eigenvalue weighted by atomic mass is 35.5. The van der Waals surface area contributed by atoms with E-state index < -0.39 is 5.92 Å². The largest absolute Gasteiger partial charge is 0.480 e. The standard InChI is InChI=1S/C35H36Cl2F2N6O3/c1-47-33-26(12-3-7-21-13-14-30(46)42-21)40-17-27(43-33)24-10-4-8-22(31(24)36)23-9-5-11-25(32(23)37)28-18-41-29(34(44-28)48-2)19-45-16-6-15-35(38,39)20-45/h4-5,8-11,17-18,21H,3,6-7,12-16,19-20H2,1-2H3,(H,42,46)/t21-/m1/s1. The van der Waals surface area contributed by atoms with Crippen LogP contribution in [0.4, 0.5) is 8.78 Å². The molecule has 2 aliphatic heterocycles. The summed E-state index contributed by atoms with van der Waals surface area (Å²) in [5, 5.41) is 3.85. The summed E-state index contributed by atoms with van der Waals surface area (Å²) in [6.45, 7) is 0.440. The van der Waals surface area contributed by atoms with Crippen LogP contribution in [0.2, 0.25) is 10.0 Å². The third-order valence-electron chi connectivity index (χ3n) is 8.75. The number of benzene rings is 2. The van der Waals surface area contributed by atoms with E-state index in [1.54, 1.807) is 24.4 Å². The first-order chi connectivity index (χ1) is 23.2. The number of aromatic nitrogens is 4. The predicted molar refractivity (Wildman–Crippen MR) is 181 cm³/mol. The summed E-state index contributed by atoms with van der Waals surface area (Å²) in [6.07, 6.45) is 7.41. The lowest BCUT2D eigenvalue weighted by atomic mass is 9.98. The smallest absolute Gasteiger partial charge is 0.260 e. The molecule has 2 aromatic heterocycles. The molecule has 6 rings (SSSR count). The number of amides is 1. The topological polar surface area (TPSA) is 102 Å². The Balaban J connectivity index is 1.24. The minimum absolute atomic E-state index is 0.106. The Labute approximate surface area is 288 Å². The van der Waals surface area contributed by atoms with Gasteiger partial charge in [0.15, 0.2) is 0 Å². The zero-order valence-corrected chi connectivity index (χ0v) is 28.3. The van der Waals surface area contributed by atoms with E-state index in [1.807, 2.05) is 36.4 Å². The van der Waals surface area contributed by atoms with Gasteiger partial charge in [-0.1, -0.05) is 59.6 Å². The molecular formula is C35H36Cl2F2N6O3. The first-order valence-corrected chi connectivity index (χ1v) is 16.7. The summed E-state index contributed by atoms with van der Waals surface area (Å²) in [6, 6.07) is 11.4. The van der Waals surface area contributed by atoms with E-state index in [1.165, 1.54) is 7.11 Å². The zero-order valence-electron chi connectivity index (χ0n) is 26.7. The Morgan fingerprint density at radius 2 is 1.50 bits per heavy atom. The van der Waals surface area contributed by atoms with Crippen LogP contribution >= 0.6 is 23.2 Å². The number of nitrogens with zero attached hydrogens (tertiary/aromatic N) is 5. The van der Waals surface area contributed by atoms with Crippen molar-refractivity contribution in [1.82, 2.24) is 30.2 Å². The van der Waals surface area contributed by atoms with Gasteiger partial charge in [-0.2, -0.15) is 0 Å². The van der Waals surface area contributed by atoms with E-state index in [0.29, 0.717) is 81.1 Å². The highest BCUT2D eigenvalue weighted by Crippen LogP contribution is 2.42. The van der Waals surface area contributed by atoms with Crippen LogP contribution in [0, 0.1) is 0 Å². The summed E-state index contributed by atoms with van der Waals surface area (Å²) in [5.41, 5.74) is 4.88. The number of hydrogen-bond donors (Lipinski definition) is 1. The summed E-state index contributed by atoms with van der Waals surface area (Å²) in [7, 11) is 3.04. The molecule has 0 bridgehead atoms. The number of piperidine rings is 1. The fraction of sp³-hybridized carbons (Fsp3) is 0.400. The highest BCUT2D eigenvalue weighted by molar-refractivity contribution is 6.39. The maximum atomic E-state index is 14.0. The quantitative estimate of drug-likeness (QED) is 0.173. The molecule has 2 aromatic carbocycles. The van der Waals surface area contributed by atoms with Gasteiger partial charge in [0.05, 0.1) is 54.6 Å². The number of alkyl halides is 2. The van der Waals surface area contributed by atoms with E-state index in [9.17, 15) is 13.6 Å². The molecule has 9 nitrogen and oxygen atoms in total. The van der Waals surface area contributed by atoms with Crippen molar-refractivity contribution < 1.29 is 23.0 Å². The molecule has 0 saturated carbocycles. The number of nitrogens with one attached hydrogen (secondary N) is 1. The number of halogens is 4. The molecule has 2 fully saturated rings. The van der Waals surface area contributed by atoms with Crippen molar-refractivity contribution in [1.29, 1.82) is 0 Å². The SMILES string of the molecule is COc1nc(-c2cccc(-c3cccc(-c4cnc(CN5CCCC(F)(F)C5)c(OC)n4)c3Cl)c2Cl)cnc1CCC[C@@H]1CCC(=O)N1. The van der Waals surface area contributed by atoms with Crippen LogP contribution in [0.3, 0.4) is 0 Å². The lowest BCUT2D eigenvalue weighted by molar-refractivity contribution is -0.119. The Hall–Kier alpha value is -3.93. The summed E-state index contributed by atoms with van der Waals surface area (Å²) >= 11 is 14.0. The minimum atomic E-state index is -2.72. The number of rotatable bonds is 11. The number of ether oxygens (including phenoxy) is 2. The molecule has 0 unspecified atom stereocenters. The van der Waals surface area contributed by atoms with Crippen LogP contribution in [0.5, 0.6) is 11.8 Å². The van der Waals surface area contributed by atoms with Crippen molar-refractivity contribution in [3.8, 4) is 45.4 Å². The van der Waals surface area contributed by atoms with Crippen molar-refractivity contribution in [2.24, 2.45) is 0 Å². The van der Waals surface area contributed by atoms with Crippen LogP contribution in [0.25, 0.3) is 33.6 Å². The Morgan fingerprint density at radius 3 is 2.06 bits per heavy atom. The fourth-order valence-corrected chi connectivity index (χ4v) is 6.99. The van der Waals surface area contributed by atoms with E-state index in [-0.39, 0.29) is 37.3 Å². The molecular weight excluding hydrogens is 661 g/mol. The van der Waals surface area contributed by atoms with Crippen LogP contribution in [0.1, 0.15) is 49.9 Å². The first-order valence-electron chi connectivity index (χ1n) is 15.9. The molecule has 1 amide bonds. The fourth-order valence-electron chi connectivity index (χ4n) is 6.34. The number of hydrogen-bond acceptors (Lipinski definition) is 8. The monoisotopic (exact) mass is 696 g/mol. The lowest BCUT2D eigenvalue weighted by Gasteiger charge is -2.32. The van der Waals surface area contributed by atoms with Crippen molar-refractivity contribution >= 4 is 29.1 Å². The van der Waals surface area contributed by atoms with Crippen LogP contribution in [0.15, 0.2) is 48.8 Å². The predicted octanol–water partition coefficient (Wildman–Crippen LogP) is 7.42. The number of carbonyl (C=O) groups is 1. The molecule has 0 radical (unpaired) electrons. The molecule has 1 atom stereocenters. The van der Waals surface area contributed by atoms with Gasteiger partial charge in [0, 0.05) is 47.7 Å². The summed E-state index contributed by atoms with van der Waals surface area (Å²) in [4.78, 5) is 31.8. The average molecular weight is 698 g/mol. The van der Waals surface area contributed by atoms with Gasteiger partial charge in [-0.05, 0) is 38.6 Å². The molecule has 0 aliphatic carbocycles. The van der Waals surface area contributed by atoms with Gasteiger partial charge in [0.2, 0.25) is 17.7 Å². The Bertz CT molecular complexity index is 1810. The molecule has 0 spiro atoms. The molecule has 48 heavy (non-hydrogen) atoms. The zero-order chi connectivity index (χ0) is 33.8. The van der Waals surface area contributed by atoms with Crippen molar-refractivity contribution in [2.75, 3.05) is 27.3 Å². The van der Waals surface area contributed by atoms with Gasteiger partial charge in [0.25, 0.3) is 5.92 Å². The summed E-state index contributed by atoms with van der Waals surface area (Å²) in [5.74, 6) is -1.93. The Morgan fingerprint density at radius 1 is 0.917 bits per heavy atom. The molecule has 252 valence electrons. The molecule has 4 aromatic rings. The van der Waals surface area contributed by atoms with Crippen LogP contribution < -0.4 is 14.8 Å². The van der Waals surface area contributed by atoms with Crippen molar-refractivity contribution in [3.05, 3.63) is 70.2 Å². The Kier molecular flexibility index (Phi) is 10.4. The highest BCUT2D eigenvalue weighted by Gasteiger charge is 2.35.